The van der Waals surface area contributed by atoms with E-state index in [1.54, 1.807) is 6.92 Å². The Morgan fingerprint density at radius 3 is 2.39 bits per heavy atom. The van der Waals surface area contributed by atoms with Crippen molar-refractivity contribution < 1.29 is 21.6 Å². The Morgan fingerprint density at radius 1 is 1.06 bits per heavy atom. The van der Waals surface area contributed by atoms with Crippen molar-refractivity contribution in [2.24, 2.45) is 0 Å². The first-order chi connectivity index (χ1) is 15.4. The first-order valence-corrected chi connectivity index (χ1v) is 13.6. The molecule has 0 bridgehead atoms. The van der Waals surface area contributed by atoms with Gasteiger partial charge in [0.1, 0.15) is 10.0 Å². The van der Waals surface area contributed by atoms with E-state index in [1.165, 1.54) is 28.7 Å². The molecule has 13 heteroatoms. The highest BCUT2D eigenvalue weighted by Crippen LogP contribution is 2.39. The summed E-state index contributed by atoms with van der Waals surface area (Å²) in [6.45, 7) is 5.42. The average Bonchev–Trinajstić information content (AvgIpc) is 3.33. The first kappa shape index (κ1) is 24.0. The zero-order chi connectivity index (χ0) is 24.0. The van der Waals surface area contributed by atoms with Gasteiger partial charge in [-0.2, -0.15) is 13.2 Å². The second kappa shape index (κ2) is 8.93. The van der Waals surface area contributed by atoms with Crippen molar-refractivity contribution in [3.63, 3.8) is 0 Å². The van der Waals surface area contributed by atoms with Crippen LogP contribution in [0.5, 0.6) is 0 Å². The number of halogens is 3. The number of benzene rings is 1. The monoisotopic (exact) mass is 517 g/mol. The Bertz CT molecular complexity index is 1260. The fraction of sp³-hybridized carbons (Fsp3) is 0.450. The van der Waals surface area contributed by atoms with Crippen molar-refractivity contribution in [3.05, 3.63) is 39.5 Å². The molecule has 178 valence electrons. The molecule has 0 saturated carbocycles. The summed E-state index contributed by atoms with van der Waals surface area (Å²) in [6.07, 6.45) is -3.59. The van der Waals surface area contributed by atoms with Crippen molar-refractivity contribution in [3.8, 4) is 10.4 Å². The molecule has 4 rings (SSSR count). The van der Waals surface area contributed by atoms with E-state index in [0.29, 0.717) is 22.0 Å². The summed E-state index contributed by atoms with van der Waals surface area (Å²) in [4.78, 5) is 8.80. The zero-order valence-electron chi connectivity index (χ0n) is 18.2. The lowest BCUT2D eigenvalue weighted by Crippen LogP contribution is -2.44. The van der Waals surface area contributed by atoms with E-state index < -0.39 is 26.5 Å². The number of alkyl halides is 3. The number of piperazine rings is 1. The van der Waals surface area contributed by atoms with E-state index in [0.717, 1.165) is 54.7 Å². The van der Waals surface area contributed by atoms with E-state index in [1.807, 2.05) is 0 Å². The van der Waals surface area contributed by atoms with Crippen LogP contribution in [0.3, 0.4) is 0 Å². The van der Waals surface area contributed by atoms with Gasteiger partial charge in [-0.1, -0.05) is 17.4 Å². The lowest BCUT2D eigenvalue weighted by molar-refractivity contribution is -0.139. The maximum atomic E-state index is 13.5. The number of aryl methyl sites for hydroxylation is 1. The number of thiazole rings is 1. The second-order valence-electron chi connectivity index (χ2n) is 7.95. The summed E-state index contributed by atoms with van der Waals surface area (Å²) in [7, 11) is -1.94. The van der Waals surface area contributed by atoms with Crippen LogP contribution in [-0.4, -0.2) is 68.0 Å². The predicted octanol–water partition coefficient (Wildman–Crippen LogP) is 3.73. The Kier molecular flexibility index (Phi) is 6.51. The van der Waals surface area contributed by atoms with Crippen LogP contribution in [0.15, 0.2) is 23.1 Å². The maximum Gasteiger partial charge on any atom is 0.417 e. The molecule has 1 fully saturated rings. The van der Waals surface area contributed by atoms with Crippen molar-refractivity contribution in [2.75, 3.05) is 44.4 Å². The quantitative estimate of drug-likeness (QED) is 0.510. The minimum absolute atomic E-state index is 0.284. The number of anilines is 1. The summed E-state index contributed by atoms with van der Waals surface area (Å²) in [5.41, 5.74) is -0.303. The molecule has 0 unspecified atom stereocenters. The third-order valence-corrected chi connectivity index (χ3v) is 8.67. The standard InChI is InChI=1S/C20H22F3N5O2S3/c1-12-18(13-4-5-15(33(3,29)30)14(10-13)20(21,22)23)31-16(24-12)11-17-25-26-19(32-17)28-8-6-27(2)7-9-28/h4-5,10H,6-9,11H2,1-3H3. The predicted molar refractivity (Wildman–Crippen MR) is 123 cm³/mol. The number of hydrogen-bond donors (Lipinski definition) is 0. The van der Waals surface area contributed by atoms with Crippen LogP contribution in [0.25, 0.3) is 10.4 Å². The zero-order valence-corrected chi connectivity index (χ0v) is 20.6. The number of hydrogen-bond acceptors (Lipinski definition) is 9. The van der Waals surface area contributed by atoms with Gasteiger partial charge in [-0.05, 0) is 31.7 Å². The van der Waals surface area contributed by atoms with Gasteiger partial charge in [0.05, 0.1) is 27.5 Å². The van der Waals surface area contributed by atoms with Crippen LogP contribution in [0.1, 0.15) is 21.3 Å². The Labute approximate surface area is 197 Å². The van der Waals surface area contributed by atoms with Gasteiger partial charge in [-0.25, -0.2) is 13.4 Å². The first-order valence-electron chi connectivity index (χ1n) is 10.1. The molecule has 3 heterocycles. The Morgan fingerprint density at radius 2 is 1.76 bits per heavy atom. The van der Waals surface area contributed by atoms with Crippen molar-refractivity contribution in [2.45, 2.75) is 24.4 Å². The van der Waals surface area contributed by atoms with Crippen LogP contribution in [-0.2, 0) is 22.4 Å². The normalized spacial score (nSPS) is 15.9. The number of nitrogens with zero attached hydrogens (tertiary/aromatic N) is 5. The molecule has 0 atom stereocenters. The highest BCUT2D eigenvalue weighted by atomic mass is 32.2. The molecule has 33 heavy (non-hydrogen) atoms. The molecule has 7 nitrogen and oxygen atoms in total. The second-order valence-corrected chi connectivity index (χ2v) is 12.1. The molecule has 2 aromatic heterocycles. The Hall–Kier alpha value is -2.09. The Balaban J connectivity index is 1.58. The smallest absolute Gasteiger partial charge is 0.344 e. The molecular formula is C20H22F3N5O2S3. The summed E-state index contributed by atoms with van der Waals surface area (Å²) in [6, 6.07) is 3.29. The van der Waals surface area contributed by atoms with Gasteiger partial charge in [0.25, 0.3) is 0 Å². The fourth-order valence-electron chi connectivity index (χ4n) is 3.58. The average molecular weight is 518 g/mol. The van der Waals surface area contributed by atoms with Crippen LogP contribution in [0, 0.1) is 6.92 Å². The van der Waals surface area contributed by atoms with E-state index >= 15 is 0 Å². The van der Waals surface area contributed by atoms with E-state index in [2.05, 4.69) is 32.0 Å². The summed E-state index contributed by atoms with van der Waals surface area (Å²) < 4.78 is 64.3. The largest absolute Gasteiger partial charge is 0.417 e. The van der Waals surface area contributed by atoms with Crippen LogP contribution < -0.4 is 4.90 Å². The molecule has 0 spiro atoms. The molecule has 1 aliphatic rings. The molecular weight excluding hydrogens is 495 g/mol. The third kappa shape index (κ3) is 5.36. The van der Waals surface area contributed by atoms with Crippen LogP contribution >= 0.6 is 22.7 Å². The van der Waals surface area contributed by atoms with Gasteiger partial charge in [0.15, 0.2) is 9.84 Å². The molecule has 1 saturated heterocycles. The molecule has 0 radical (unpaired) electrons. The third-order valence-electron chi connectivity index (χ3n) is 5.32. The van der Waals surface area contributed by atoms with Gasteiger partial charge < -0.3 is 9.80 Å². The highest BCUT2D eigenvalue weighted by molar-refractivity contribution is 7.90. The number of sulfone groups is 1. The number of likely N-dealkylation sites (N-methyl/N-ethyl adjacent to an activating group) is 1. The maximum absolute atomic E-state index is 13.5. The van der Waals surface area contributed by atoms with E-state index in [-0.39, 0.29) is 5.56 Å². The number of aromatic nitrogens is 3. The van der Waals surface area contributed by atoms with Gasteiger partial charge in [0.2, 0.25) is 5.13 Å². The van der Waals surface area contributed by atoms with Gasteiger partial charge >= 0.3 is 6.18 Å². The minimum atomic E-state index is -4.79. The SMILES string of the molecule is Cc1nc(Cc2nnc(N3CCN(C)CC3)s2)sc1-c1ccc(S(C)(=O)=O)c(C(F)(F)F)c1. The van der Waals surface area contributed by atoms with Crippen LogP contribution in [0.4, 0.5) is 18.3 Å². The molecule has 0 amide bonds. The van der Waals surface area contributed by atoms with Gasteiger partial charge in [0, 0.05) is 32.4 Å². The molecule has 0 aliphatic carbocycles. The van der Waals surface area contributed by atoms with Crippen molar-refractivity contribution in [1.29, 1.82) is 0 Å². The number of rotatable bonds is 5. The van der Waals surface area contributed by atoms with Crippen molar-refractivity contribution in [1.82, 2.24) is 20.1 Å². The topological polar surface area (TPSA) is 79.3 Å². The molecule has 3 aromatic rings. The summed E-state index contributed by atoms with van der Waals surface area (Å²) in [5.74, 6) is 0. The molecule has 1 aromatic carbocycles. The van der Waals surface area contributed by atoms with E-state index in [4.69, 9.17) is 0 Å². The van der Waals surface area contributed by atoms with Crippen LogP contribution in [0.2, 0.25) is 0 Å². The molecule has 0 N–H and O–H groups in total. The highest BCUT2D eigenvalue weighted by Gasteiger charge is 2.36. The minimum Gasteiger partial charge on any atom is -0.344 e. The van der Waals surface area contributed by atoms with Gasteiger partial charge in [-0.3, -0.25) is 0 Å². The van der Waals surface area contributed by atoms with Gasteiger partial charge in [-0.15, -0.1) is 21.5 Å². The van der Waals surface area contributed by atoms with E-state index in [9.17, 15) is 21.6 Å². The summed E-state index contributed by atoms with van der Waals surface area (Å²) in [5, 5.41) is 10.9. The lowest BCUT2D eigenvalue weighted by Gasteiger charge is -2.31. The fourth-order valence-corrected chi connectivity index (χ4v) is 6.52. The van der Waals surface area contributed by atoms with Crippen molar-refractivity contribution >= 4 is 37.6 Å². The lowest BCUT2D eigenvalue weighted by atomic mass is 10.1. The summed E-state index contributed by atoms with van der Waals surface area (Å²) >= 11 is 2.77. The molecule has 1 aliphatic heterocycles.